The summed E-state index contributed by atoms with van der Waals surface area (Å²) in [5, 5.41) is 8.01. The molecule has 32 heavy (non-hydrogen) atoms. The number of amides is 1. The molecule has 0 saturated carbocycles. The van der Waals surface area contributed by atoms with Crippen molar-refractivity contribution < 1.29 is 4.79 Å². The number of hydrogen-bond donors (Lipinski definition) is 2. The van der Waals surface area contributed by atoms with Gasteiger partial charge in [0.15, 0.2) is 0 Å². The van der Waals surface area contributed by atoms with E-state index in [0.29, 0.717) is 27.4 Å². The topological polar surface area (TPSA) is 70.2 Å². The molecule has 5 rings (SSSR count). The lowest BCUT2D eigenvalue weighted by Crippen LogP contribution is -2.38. The third-order valence-electron chi connectivity index (χ3n) is 5.99. The molecule has 0 spiro atoms. The van der Waals surface area contributed by atoms with Crippen LogP contribution in [0.1, 0.15) is 40.9 Å². The zero-order valence-electron chi connectivity index (χ0n) is 18.2. The Morgan fingerprint density at radius 2 is 2.09 bits per heavy atom. The Bertz CT molecular complexity index is 1210. The van der Waals surface area contributed by atoms with Crippen LogP contribution in [0.15, 0.2) is 47.6 Å². The predicted molar refractivity (Wildman–Crippen MR) is 130 cm³/mol. The Kier molecular flexibility index (Phi) is 5.35. The third-order valence-corrected chi connectivity index (χ3v) is 7.27. The summed E-state index contributed by atoms with van der Waals surface area (Å²) in [7, 11) is 0. The van der Waals surface area contributed by atoms with Crippen LogP contribution >= 0.6 is 23.4 Å². The van der Waals surface area contributed by atoms with E-state index in [4.69, 9.17) is 11.6 Å². The molecule has 6 nitrogen and oxygen atoms in total. The van der Waals surface area contributed by atoms with Crippen LogP contribution in [0.2, 0.25) is 5.02 Å². The summed E-state index contributed by atoms with van der Waals surface area (Å²) in [5.74, 6) is 0.796. The Labute approximate surface area is 196 Å². The van der Waals surface area contributed by atoms with Crippen LogP contribution in [0.5, 0.6) is 0 Å². The smallest absolute Gasteiger partial charge is 0.263 e. The summed E-state index contributed by atoms with van der Waals surface area (Å²) in [5.41, 5.74) is 5.87. The van der Waals surface area contributed by atoms with Gasteiger partial charge in [-0.15, -0.1) is 0 Å². The highest BCUT2D eigenvalue weighted by molar-refractivity contribution is 7.99. The van der Waals surface area contributed by atoms with Crippen molar-refractivity contribution in [1.82, 2.24) is 15.3 Å². The molecule has 2 aromatic carbocycles. The number of hydrogen-bond acceptors (Lipinski definition) is 6. The van der Waals surface area contributed by atoms with Crippen LogP contribution in [0, 0.1) is 6.92 Å². The second-order valence-corrected chi connectivity index (χ2v) is 10.1. The molecule has 2 aliphatic rings. The first-order valence-electron chi connectivity index (χ1n) is 10.5. The van der Waals surface area contributed by atoms with E-state index in [-0.39, 0.29) is 11.3 Å². The van der Waals surface area contributed by atoms with E-state index in [1.165, 1.54) is 22.9 Å². The van der Waals surface area contributed by atoms with Gasteiger partial charge < -0.3 is 10.6 Å². The second kappa shape index (κ2) is 8.06. The fourth-order valence-electron chi connectivity index (χ4n) is 4.36. The minimum atomic E-state index is -0.136. The standard InChI is InChI=1S/C24H24ClN5OS/c1-14-5-4-6-19(25)20(14)30-13-32-21-17(22(30)31)11-27-23(29-21)28-16-7-8-18-15(9-16)10-26-12-24(18,2)3/h4-9,11,26H,10,12-13H2,1-3H3,(H,27,28,29). The lowest BCUT2D eigenvalue weighted by Gasteiger charge is -2.33. The summed E-state index contributed by atoms with van der Waals surface area (Å²) in [6.45, 7) is 8.27. The highest BCUT2D eigenvalue weighted by atomic mass is 35.5. The van der Waals surface area contributed by atoms with E-state index in [1.807, 2.05) is 19.1 Å². The first-order chi connectivity index (χ1) is 15.3. The zero-order valence-corrected chi connectivity index (χ0v) is 19.8. The molecule has 1 aromatic heterocycles. The molecule has 0 bridgehead atoms. The SMILES string of the molecule is Cc1cccc(Cl)c1N1CSc2nc(Nc3ccc4c(c3)CNCC4(C)C)ncc2C1=O. The fourth-order valence-corrected chi connectivity index (χ4v) is 5.62. The monoisotopic (exact) mass is 465 g/mol. The summed E-state index contributed by atoms with van der Waals surface area (Å²) in [6.07, 6.45) is 1.60. The lowest BCUT2D eigenvalue weighted by atomic mass is 9.79. The molecule has 1 amide bonds. The molecule has 0 unspecified atom stereocenters. The number of aromatic nitrogens is 2. The number of carbonyl (C=O) groups excluding carboxylic acids is 1. The van der Waals surface area contributed by atoms with Crippen molar-refractivity contribution in [2.24, 2.45) is 0 Å². The Hall–Kier alpha value is -2.61. The number of halogens is 1. The van der Waals surface area contributed by atoms with Crippen LogP contribution < -0.4 is 15.5 Å². The average molecular weight is 466 g/mol. The van der Waals surface area contributed by atoms with Crippen molar-refractivity contribution in [3.63, 3.8) is 0 Å². The number of thioether (sulfide) groups is 1. The maximum atomic E-state index is 13.2. The van der Waals surface area contributed by atoms with E-state index in [2.05, 4.69) is 52.6 Å². The van der Waals surface area contributed by atoms with Crippen molar-refractivity contribution in [3.05, 3.63) is 69.9 Å². The van der Waals surface area contributed by atoms with E-state index in [9.17, 15) is 4.79 Å². The van der Waals surface area contributed by atoms with Crippen LogP contribution in [-0.2, 0) is 12.0 Å². The van der Waals surface area contributed by atoms with Crippen molar-refractivity contribution >= 4 is 46.6 Å². The van der Waals surface area contributed by atoms with E-state index >= 15 is 0 Å². The van der Waals surface area contributed by atoms with Gasteiger partial charge in [-0.1, -0.05) is 55.4 Å². The zero-order chi connectivity index (χ0) is 22.5. The van der Waals surface area contributed by atoms with Crippen LogP contribution in [0.4, 0.5) is 17.3 Å². The summed E-state index contributed by atoms with van der Waals surface area (Å²) < 4.78 is 0. The van der Waals surface area contributed by atoms with Crippen molar-refractivity contribution in [2.75, 3.05) is 22.6 Å². The number of carbonyl (C=O) groups is 1. The number of anilines is 3. The molecular weight excluding hydrogens is 442 g/mol. The Morgan fingerprint density at radius 1 is 1.25 bits per heavy atom. The quantitative estimate of drug-likeness (QED) is 0.513. The molecule has 3 heterocycles. The Morgan fingerprint density at radius 3 is 2.91 bits per heavy atom. The van der Waals surface area contributed by atoms with Crippen molar-refractivity contribution in [2.45, 2.75) is 37.8 Å². The summed E-state index contributed by atoms with van der Waals surface area (Å²) in [4.78, 5) is 23.9. The largest absolute Gasteiger partial charge is 0.324 e. The van der Waals surface area contributed by atoms with E-state index in [1.54, 1.807) is 17.2 Å². The van der Waals surface area contributed by atoms with Crippen molar-refractivity contribution in [1.29, 1.82) is 0 Å². The summed E-state index contributed by atoms with van der Waals surface area (Å²) >= 11 is 7.90. The minimum absolute atomic E-state index is 0.108. The lowest BCUT2D eigenvalue weighted by molar-refractivity contribution is 0.0985. The van der Waals surface area contributed by atoms with Gasteiger partial charge in [0.05, 0.1) is 22.2 Å². The maximum Gasteiger partial charge on any atom is 0.263 e. The number of rotatable bonds is 3. The number of para-hydroxylation sites is 1. The molecule has 164 valence electrons. The summed E-state index contributed by atoms with van der Waals surface area (Å²) in [6, 6.07) is 12.0. The van der Waals surface area contributed by atoms with Crippen LogP contribution in [-0.4, -0.2) is 28.3 Å². The number of nitrogens with one attached hydrogen (secondary N) is 2. The normalized spacial score (nSPS) is 17.0. The third kappa shape index (κ3) is 3.74. The van der Waals surface area contributed by atoms with Gasteiger partial charge in [0.1, 0.15) is 5.03 Å². The van der Waals surface area contributed by atoms with Gasteiger partial charge in [0, 0.05) is 30.4 Å². The molecule has 8 heteroatoms. The highest BCUT2D eigenvalue weighted by Crippen LogP contribution is 2.37. The molecule has 0 aliphatic carbocycles. The van der Waals surface area contributed by atoms with Gasteiger partial charge in [-0.05, 0) is 41.8 Å². The minimum Gasteiger partial charge on any atom is -0.324 e. The molecule has 0 fully saturated rings. The number of benzene rings is 2. The van der Waals surface area contributed by atoms with Crippen LogP contribution in [0.3, 0.4) is 0 Å². The first kappa shape index (κ1) is 21.2. The molecule has 0 radical (unpaired) electrons. The number of fused-ring (bicyclic) bond motifs is 2. The van der Waals surface area contributed by atoms with Gasteiger partial charge in [0.2, 0.25) is 5.95 Å². The molecule has 0 atom stereocenters. The van der Waals surface area contributed by atoms with Gasteiger partial charge >= 0.3 is 0 Å². The highest BCUT2D eigenvalue weighted by Gasteiger charge is 2.30. The van der Waals surface area contributed by atoms with Gasteiger partial charge in [-0.3, -0.25) is 9.69 Å². The van der Waals surface area contributed by atoms with Gasteiger partial charge in [-0.2, -0.15) is 0 Å². The number of nitrogens with zero attached hydrogens (tertiary/aromatic N) is 3. The van der Waals surface area contributed by atoms with Gasteiger partial charge in [-0.25, -0.2) is 9.97 Å². The molecular formula is C24H24ClN5OS. The first-order valence-corrected chi connectivity index (χ1v) is 11.9. The molecule has 0 saturated heterocycles. The molecule has 2 N–H and O–H groups in total. The average Bonchev–Trinajstić information content (AvgIpc) is 2.75. The van der Waals surface area contributed by atoms with Crippen LogP contribution in [0.25, 0.3) is 0 Å². The van der Waals surface area contributed by atoms with Crippen molar-refractivity contribution in [3.8, 4) is 0 Å². The molecule has 3 aromatic rings. The van der Waals surface area contributed by atoms with Gasteiger partial charge in [0.25, 0.3) is 5.91 Å². The number of aryl methyl sites for hydroxylation is 1. The Balaban J connectivity index is 1.40. The second-order valence-electron chi connectivity index (χ2n) is 8.81. The van der Waals surface area contributed by atoms with E-state index < -0.39 is 0 Å². The molecule has 2 aliphatic heterocycles. The fraction of sp³-hybridized carbons (Fsp3) is 0.292. The maximum absolute atomic E-state index is 13.2. The van der Waals surface area contributed by atoms with E-state index in [0.717, 1.165) is 30.0 Å². The predicted octanol–water partition coefficient (Wildman–Crippen LogP) is 5.27.